The van der Waals surface area contributed by atoms with E-state index in [2.05, 4.69) is 16.0 Å². The number of hydrogen-bond acceptors (Lipinski definition) is 3. The summed E-state index contributed by atoms with van der Waals surface area (Å²) in [6, 6.07) is 13.1. The summed E-state index contributed by atoms with van der Waals surface area (Å²) >= 11 is 5.32. The van der Waals surface area contributed by atoms with Gasteiger partial charge in [0.2, 0.25) is 0 Å². The largest absolute Gasteiger partial charge is 0.496 e. The molecule has 1 aliphatic rings. The van der Waals surface area contributed by atoms with Crippen molar-refractivity contribution in [3.63, 3.8) is 0 Å². The molecule has 0 radical (unpaired) electrons. The molecular weight excluding hydrogens is 358 g/mol. The Morgan fingerprint density at radius 3 is 2.59 bits per heavy atom. The molecule has 6 heteroatoms. The van der Waals surface area contributed by atoms with Crippen molar-refractivity contribution in [2.75, 3.05) is 12.4 Å². The summed E-state index contributed by atoms with van der Waals surface area (Å²) < 4.78 is 5.49. The molecule has 2 aromatic carbocycles. The van der Waals surface area contributed by atoms with Gasteiger partial charge in [-0.15, -0.1) is 0 Å². The standard InChI is InChI=1S/C21H23N3O2S/c1-12-8-7-10-16(13(12)2)23-20(25)18-14(3)22-21(27)24-19(18)15-9-5-6-11-17(15)26-4/h5-11,19H,1-4H3,(H,23,25)(H2,22,24,27)/t19-/m1/s1. The van der Waals surface area contributed by atoms with Crippen molar-refractivity contribution in [2.45, 2.75) is 26.8 Å². The third-order valence-electron chi connectivity index (χ3n) is 4.82. The number of thiocarbonyl (C=S) groups is 1. The number of carbonyl (C=O) groups is 1. The van der Waals surface area contributed by atoms with Crippen LogP contribution >= 0.6 is 12.2 Å². The van der Waals surface area contributed by atoms with Crippen molar-refractivity contribution in [1.29, 1.82) is 0 Å². The maximum Gasteiger partial charge on any atom is 0.255 e. The van der Waals surface area contributed by atoms with Gasteiger partial charge in [-0.3, -0.25) is 4.79 Å². The zero-order chi connectivity index (χ0) is 19.6. The Labute approximate surface area is 164 Å². The number of amides is 1. The van der Waals surface area contributed by atoms with Gasteiger partial charge in [-0.2, -0.15) is 0 Å². The molecule has 1 aliphatic heterocycles. The van der Waals surface area contributed by atoms with Crippen LogP contribution in [0.1, 0.15) is 29.7 Å². The summed E-state index contributed by atoms with van der Waals surface area (Å²) in [6.45, 7) is 5.87. The summed E-state index contributed by atoms with van der Waals surface area (Å²) in [5.74, 6) is 0.518. The molecule has 3 rings (SSSR count). The van der Waals surface area contributed by atoms with E-state index in [0.29, 0.717) is 16.4 Å². The summed E-state index contributed by atoms with van der Waals surface area (Å²) in [4.78, 5) is 13.2. The zero-order valence-electron chi connectivity index (χ0n) is 15.8. The lowest BCUT2D eigenvalue weighted by molar-refractivity contribution is -0.113. The first-order chi connectivity index (χ1) is 12.9. The van der Waals surface area contributed by atoms with E-state index in [1.54, 1.807) is 7.11 Å². The van der Waals surface area contributed by atoms with Gasteiger partial charge in [0.25, 0.3) is 5.91 Å². The van der Waals surface area contributed by atoms with Crippen LogP contribution in [0.2, 0.25) is 0 Å². The van der Waals surface area contributed by atoms with Crippen molar-refractivity contribution in [3.8, 4) is 5.75 Å². The fraction of sp³-hybridized carbons (Fsp3) is 0.238. The van der Waals surface area contributed by atoms with E-state index in [1.807, 2.05) is 63.2 Å². The lowest BCUT2D eigenvalue weighted by atomic mass is 9.94. The molecule has 140 valence electrons. The highest BCUT2D eigenvalue weighted by molar-refractivity contribution is 7.80. The van der Waals surface area contributed by atoms with Crippen LogP contribution in [0.15, 0.2) is 53.7 Å². The van der Waals surface area contributed by atoms with E-state index >= 15 is 0 Å². The maximum atomic E-state index is 13.2. The molecule has 0 spiro atoms. The summed E-state index contributed by atoms with van der Waals surface area (Å²) in [5, 5.41) is 9.78. The van der Waals surface area contributed by atoms with Gasteiger partial charge in [-0.05, 0) is 56.2 Å². The fourth-order valence-electron chi connectivity index (χ4n) is 3.21. The maximum absolute atomic E-state index is 13.2. The number of benzene rings is 2. The highest BCUT2D eigenvalue weighted by Crippen LogP contribution is 2.33. The average Bonchev–Trinajstić information content (AvgIpc) is 2.64. The van der Waals surface area contributed by atoms with Crippen molar-refractivity contribution < 1.29 is 9.53 Å². The molecule has 0 saturated carbocycles. The van der Waals surface area contributed by atoms with Gasteiger partial charge >= 0.3 is 0 Å². The Hall–Kier alpha value is -2.86. The second kappa shape index (κ2) is 7.80. The minimum atomic E-state index is -0.403. The summed E-state index contributed by atoms with van der Waals surface area (Å²) in [6.07, 6.45) is 0. The number of nitrogens with one attached hydrogen (secondary N) is 3. The number of rotatable bonds is 4. The van der Waals surface area contributed by atoms with Crippen LogP contribution < -0.4 is 20.7 Å². The number of hydrogen-bond donors (Lipinski definition) is 3. The first-order valence-corrected chi connectivity index (χ1v) is 9.12. The van der Waals surface area contributed by atoms with Crippen LogP contribution in [-0.2, 0) is 4.79 Å². The van der Waals surface area contributed by atoms with Crippen molar-refractivity contribution >= 4 is 28.9 Å². The van der Waals surface area contributed by atoms with Crippen LogP contribution in [0, 0.1) is 13.8 Å². The highest BCUT2D eigenvalue weighted by Gasteiger charge is 2.31. The molecule has 27 heavy (non-hydrogen) atoms. The van der Waals surface area contributed by atoms with Crippen LogP contribution in [0.3, 0.4) is 0 Å². The number of anilines is 1. The molecule has 0 bridgehead atoms. The third kappa shape index (κ3) is 3.80. The quantitative estimate of drug-likeness (QED) is 0.704. The highest BCUT2D eigenvalue weighted by atomic mass is 32.1. The van der Waals surface area contributed by atoms with Crippen molar-refractivity contribution in [2.24, 2.45) is 0 Å². The number of methoxy groups -OCH3 is 1. The third-order valence-corrected chi connectivity index (χ3v) is 5.04. The number of aryl methyl sites for hydroxylation is 1. The molecule has 5 nitrogen and oxygen atoms in total. The van der Waals surface area contributed by atoms with Crippen molar-refractivity contribution in [1.82, 2.24) is 10.6 Å². The summed E-state index contributed by atoms with van der Waals surface area (Å²) in [7, 11) is 1.62. The van der Waals surface area contributed by atoms with E-state index in [0.717, 1.165) is 28.1 Å². The Balaban J connectivity index is 2.01. The minimum absolute atomic E-state index is 0.181. The fourth-order valence-corrected chi connectivity index (χ4v) is 3.48. The molecular formula is C21H23N3O2S. The van der Waals surface area contributed by atoms with Crippen molar-refractivity contribution in [3.05, 3.63) is 70.4 Å². The molecule has 0 unspecified atom stereocenters. The van der Waals surface area contributed by atoms with Gasteiger partial charge < -0.3 is 20.7 Å². The first kappa shape index (κ1) is 18.9. The van der Waals surface area contributed by atoms with E-state index in [1.165, 1.54) is 0 Å². The molecule has 0 aromatic heterocycles. The first-order valence-electron chi connectivity index (χ1n) is 8.71. The zero-order valence-corrected chi connectivity index (χ0v) is 16.7. The molecule has 1 amide bonds. The van der Waals surface area contributed by atoms with Gasteiger partial charge in [0.05, 0.1) is 18.7 Å². The molecule has 1 heterocycles. The molecule has 0 saturated heterocycles. The van der Waals surface area contributed by atoms with E-state index < -0.39 is 6.04 Å². The molecule has 0 fully saturated rings. The number of para-hydroxylation sites is 1. The smallest absolute Gasteiger partial charge is 0.255 e. The lowest BCUT2D eigenvalue weighted by Gasteiger charge is -2.31. The number of carbonyl (C=O) groups excluding carboxylic acids is 1. The molecule has 2 aromatic rings. The predicted molar refractivity (Wildman–Crippen MR) is 112 cm³/mol. The van der Waals surface area contributed by atoms with Crippen LogP contribution in [0.5, 0.6) is 5.75 Å². The Morgan fingerprint density at radius 2 is 1.85 bits per heavy atom. The second-order valence-electron chi connectivity index (χ2n) is 6.51. The van der Waals surface area contributed by atoms with Gasteiger partial charge in [-0.25, -0.2) is 0 Å². The van der Waals surface area contributed by atoms with Gasteiger partial charge in [0, 0.05) is 16.9 Å². The van der Waals surface area contributed by atoms with Gasteiger partial charge in [0.15, 0.2) is 5.11 Å². The van der Waals surface area contributed by atoms with Crippen LogP contribution in [-0.4, -0.2) is 18.1 Å². The van der Waals surface area contributed by atoms with Gasteiger partial charge in [0.1, 0.15) is 5.75 Å². The van der Waals surface area contributed by atoms with Gasteiger partial charge in [-0.1, -0.05) is 30.3 Å². The number of ether oxygens (including phenoxy) is 1. The lowest BCUT2D eigenvalue weighted by Crippen LogP contribution is -2.45. The Bertz CT molecular complexity index is 937. The van der Waals surface area contributed by atoms with Crippen LogP contribution in [0.25, 0.3) is 0 Å². The normalized spacial score (nSPS) is 16.4. The molecule has 3 N–H and O–H groups in total. The monoisotopic (exact) mass is 381 g/mol. The minimum Gasteiger partial charge on any atom is -0.496 e. The Kier molecular flexibility index (Phi) is 5.46. The molecule has 0 aliphatic carbocycles. The van der Waals surface area contributed by atoms with Crippen LogP contribution in [0.4, 0.5) is 5.69 Å². The SMILES string of the molecule is COc1ccccc1[C@H]1NC(=S)NC(C)=C1C(=O)Nc1cccc(C)c1C. The second-order valence-corrected chi connectivity index (χ2v) is 6.92. The summed E-state index contributed by atoms with van der Waals surface area (Å²) in [5.41, 5.74) is 5.12. The predicted octanol–water partition coefficient (Wildman–Crippen LogP) is 3.74. The average molecular weight is 382 g/mol. The topological polar surface area (TPSA) is 62.4 Å². The Morgan fingerprint density at radius 1 is 1.11 bits per heavy atom. The number of allylic oxidation sites excluding steroid dienone is 1. The molecule has 1 atom stereocenters. The van der Waals surface area contributed by atoms with E-state index in [-0.39, 0.29) is 5.91 Å². The van der Waals surface area contributed by atoms with E-state index in [4.69, 9.17) is 17.0 Å². The van der Waals surface area contributed by atoms with E-state index in [9.17, 15) is 4.79 Å².